The van der Waals surface area contributed by atoms with E-state index in [0.717, 1.165) is 24.2 Å². The van der Waals surface area contributed by atoms with Crippen molar-refractivity contribution in [1.82, 2.24) is 9.88 Å². The van der Waals surface area contributed by atoms with Gasteiger partial charge in [-0.3, -0.25) is 4.98 Å². The van der Waals surface area contributed by atoms with Crippen molar-refractivity contribution < 1.29 is 14.3 Å². The van der Waals surface area contributed by atoms with E-state index in [9.17, 15) is 4.79 Å². The van der Waals surface area contributed by atoms with Crippen molar-refractivity contribution in [2.75, 3.05) is 19.7 Å². The van der Waals surface area contributed by atoms with E-state index in [-0.39, 0.29) is 18.1 Å². The van der Waals surface area contributed by atoms with Crippen molar-refractivity contribution in [2.24, 2.45) is 11.7 Å². The molecular weight excluding hydrogens is 306 g/mol. The van der Waals surface area contributed by atoms with Crippen LogP contribution in [0.2, 0.25) is 0 Å². The van der Waals surface area contributed by atoms with Crippen LogP contribution in [-0.4, -0.2) is 41.3 Å². The minimum Gasteiger partial charge on any atom is -0.492 e. The van der Waals surface area contributed by atoms with Gasteiger partial charge in [-0.1, -0.05) is 6.92 Å². The van der Waals surface area contributed by atoms with Gasteiger partial charge in [-0.15, -0.1) is 0 Å². The summed E-state index contributed by atoms with van der Waals surface area (Å²) >= 11 is 0. The first-order valence-electron chi connectivity index (χ1n) is 8.61. The van der Waals surface area contributed by atoms with Crippen LogP contribution in [0.15, 0.2) is 18.5 Å². The number of carbonyl (C=O) groups is 1. The number of nitrogens with zero attached hydrogens (tertiary/aromatic N) is 2. The van der Waals surface area contributed by atoms with Crippen LogP contribution < -0.4 is 10.5 Å². The number of aromatic nitrogens is 1. The summed E-state index contributed by atoms with van der Waals surface area (Å²) in [6, 6.07) is 1.78. The van der Waals surface area contributed by atoms with Gasteiger partial charge in [0.05, 0.1) is 12.8 Å². The first-order valence-corrected chi connectivity index (χ1v) is 8.61. The molecule has 2 unspecified atom stereocenters. The number of ether oxygens (including phenoxy) is 2. The second kappa shape index (κ2) is 7.83. The summed E-state index contributed by atoms with van der Waals surface area (Å²) < 4.78 is 11.1. The Morgan fingerprint density at radius 3 is 2.88 bits per heavy atom. The Bertz CT molecular complexity index is 557. The minimum atomic E-state index is -0.480. The molecule has 134 valence electrons. The largest absolute Gasteiger partial charge is 0.492 e. The van der Waals surface area contributed by atoms with Crippen molar-refractivity contribution in [2.45, 2.75) is 52.2 Å². The van der Waals surface area contributed by atoms with Crippen LogP contribution in [0, 0.1) is 5.92 Å². The molecule has 2 rings (SSSR count). The molecule has 1 saturated heterocycles. The summed E-state index contributed by atoms with van der Waals surface area (Å²) in [5.74, 6) is 0.938. The Balaban J connectivity index is 1.96. The lowest BCUT2D eigenvalue weighted by Crippen LogP contribution is -2.36. The van der Waals surface area contributed by atoms with Gasteiger partial charge < -0.3 is 20.1 Å². The molecule has 0 saturated carbocycles. The first kappa shape index (κ1) is 18.5. The average Bonchev–Trinajstić information content (AvgIpc) is 3.01. The van der Waals surface area contributed by atoms with Gasteiger partial charge in [0.2, 0.25) is 0 Å². The topological polar surface area (TPSA) is 77.7 Å². The SMILES string of the molecule is CCCOc1cncc(C(N)C2CCN(C(=O)OC(C)(C)C)C2)c1. The molecule has 2 heterocycles. The van der Waals surface area contributed by atoms with Crippen LogP contribution in [0.4, 0.5) is 4.79 Å². The van der Waals surface area contributed by atoms with Gasteiger partial charge in [-0.2, -0.15) is 0 Å². The molecule has 1 aromatic heterocycles. The highest BCUT2D eigenvalue weighted by molar-refractivity contribution is 5.68. The number of carbonyl (C=O) groups excluding carboxylic acids is 1. The summed E-state index contributed by atoms with van der Waals surface area (Å²) in [5, 5.41) is 0. The Kier molecular flexibility index (Phi) is 6.04. The molecule has 1 aliphatic rings. The van der Waals surface area contributed by atoms with E-state index in [1.54, 1.807) is 17.3 Å². The molecule has 2 atom stereocenters. The molecule has 0 spiro atoms. The molecule has 2 N–H and O–H groups in total. The predicted octanol–water partition coefficient (Wildman–Crippen LogP) is 3.13. The zero-order valence-electron chi connectivity index (χ0n) is 15.1. The van der Waals surface area contributed by atoms with Gasteiger partial charge in [0.25, 0.3) is 0 Å². The quantitative estimate of drug-likeness (QED) is 0.894. The highest BCUT2D eigenvalue weighted by Gasteiger charge is 2.33. The lowest BCUT2D eigenvalue weighted by atomic mass is 9.94. The fourth-order valence-corrected chi connectivity index (χ4v) is 2.76. The minimum absolute atomic E-state index is 0.171. The number of hydrogen-bond donors (Lipinski definition) is 1. The maximum absolute atomic E-state index is 12.2. The van der Waals surface area contributed by atoms with Crippen LogP contribution in [0.5, 0.6) is 5.75 Å². The van der Waals surface area contributed by atoms with Crippen LogP contribution in [-0.2, 0) is 4.74 Å². The Morgan fingerprint density at radius 2 is 2.21 bits per heavy atom. The van der Waals surface area contributed by atoms with E-state index < -0.39 is 5.60 Å². The van der Waals surface area contributed by atoms with Crippen molar-refractivity contribution in [3.8, 4) is 5.75 Å². The number of nitrogens with two attached hydrogens (primary N) is 1. The molecule has 0 aliphatic carbocycles. The highest BCUT2D eigenvalue weighted by atomic mass is 16.6. The van der Waals surface area contributed by atoms with E-state index in [1.165, 1.54) is 0 Å². The van der Waals surface area contributed by atoms with E-state index in [4.69, 9.17) is 15.2 Å². The van der Waals surface area contributed by atoms with Crippen LogP contribution >= 0.6 is 0 Å². The second-order valence-electron chi connectivity index (χ2n) is 7.30. The number of likely N-dealkylation sites (tertiary alicyclic amines) is 1. The number of amides is 1. The van der Waals surface area contributed by atoms with Gasteiger partial charge in [0.15, 0.2) is 0 Å². The van der Waals surface area contributed by atoms with Crippen LogP contribution in [0.1, 0.15) is 52.1 Å². The molecule has 6 heteroatoms. The number of pyridine rings is 1. The standard InChI is InChI=1S/C18H29N3O3/c1-5-8-23-15-9-14(10-20-11-15)16(19)13-6-7-21(12-13)17(22)24-18(2,3)4/h9-11,13,16H,5-8,12,19H2,1-4H3. The molecule has 0 bridgehead atoms. The molecule has 24 heavy (non-hydrogen) atoms. The van der Waals surface area contributed by atoms with E-state index in [1.807, 2.05) is 26.8 Å². The molecule has 1 aromatic rings. The second-order valence-corrected chi connectivity index (χ2v) is 7.30. The molecule has 0 aromatic carbocycles. The van der Waals surface area contributed by atoms with Crippen molar-refractivity contribution in [3.63, 3.8) is 0 Å². The normalized spacial score (nSPS) is 19.2. The molecule has 1 fully saturated rings. The van der Waals surface area contributed by atoms with E-state index in [2.05, 4.69) is 11.9 Å². The molecule has 0 radical (unpaired) electrons. The summed E-state index contributed by atoms with van der Waals surface area (Å²) in [6.45, 7) is 9.62. The fraction of sp³-hybridized carbons (Fsp3) is 0.667. The van der Waals surface area contributed by atoms with Crippen LogP contribution in [0.3, 0.4) is 0 Å². The summed E-state index contributed by atoms with van der Waals surface area (Å²) in [4.78, 5) is 18.1. The van der Waals surface area contributed by atoms with Crippen molar-refractivity contribution in [1.29, 1.82) is 0 Å². The Labute approximate surface area is 144 Å². The maximum Gasteiger partial charge on any atom is 0.410 e. The first-order chi connectivity index (χ1) is 11.3. The third-order valence-corrected chi connectivity index (χ3v) is 3.98. The van der Waals surface area contributed by atoms with Crippen molar-refractivity contribution in [3.05, 3.63) is 24.0 Å². The number of hydrogen-bond acceptors (Lipinski definition) is 5. The lowest BCUT2D eigenvalue weighted by Gasteiger charge is -2.25. The summed E-state index contributed by atoms with van der Waals surface area (Å²) in [5.41, 5.74) is 6.88. The van der Waals surface area contributed by atoms with Crippen molar-refractivity contribution >= 4 is 6.09 Å². The van der Waals surface area contributed by atoms with Gasteiger partial charge in [0.1, 0.15) is 11.4 Å². The monoisotopic (exact) mass is 335 g/mol. The number of rotatable bonds is 5. The molecule has 1 amide bonds. The zero-order valence-corrected chi connectivity index (χ0v) is 15.1. The molecule has 1 aliphatic heterocycles. The van der Waals surface area contributed by atoms with Gasteiger partial charge in [-0.25, -0.2) is 4.79 Å². The maximum atomic E-state index is 12.2. The van der Waals surface area contributed by atoms with E-state index >= 15 is 0 Å². The van der Waals surface area contributed by atoms with Gasteiger partial charge in [-0.05, 0) is 51.2 Å². The third kappa shape index (κ3) is 5.09. The Morgan fingerprint density at radius 1 is 1.46 bits per heavy atom. The zero-order chi connectivity index (χ0) is 17.7. The van der Waals surface area contributed by atoms with E-state index in [0.29, 0.717) is 19.7 Å². The third-order valence-electron chi connectivity index (χ3n) is 3.98. The fourth-order valence-electron chi connectivity index (χ4n) is 2.76. The molecular formula is C18H29N3O3. The Hall–Kier alpha value is -1.82. The van der Waals surface area contributed by atoms with Gasteiger partial charge >= 0.3 is 6.09 Å². The smallest absolute Gasteiger partial charge is 0.410 e. The average molecular weight is 335 g/mol. The lowest BCUT2D eigenvalue weighted by molar-refractivity contribution is 0.0286. The summed E-state index contributed by atoms with van der Waals surface area (Å²) in [6.07, 6.45) is 5.02. The predicted molar refractivity (Wildman–Crippen MR) is 92.9 cm³/mol. The molecule has 6 nitrogen and oxygen atoms in total. The van der Waals surface area contributed by atoms with Crippen LogP contribution in [0.25, 0.3) is 0 Å². The highest BCUT2D eigenvalue weighted by Crippen LogP contribution is 2.30. The van der Waals surface area contributed by atoms with Gasteiger partial charge in [0, 0.05) is 25.3 Å². The summed E-state index contributed by atoms with van der Waals surface area (Å²) in [7, 11) is 0.